The number of halogens is 3. The summed E-state index contributed by atoms with van der Waals surface area (Å²) in [5.74, 6) is 0. The third-order valence-electron chi connectivity index (χ3n) is 1.00. The maximum absolute atomic E-state index is 11.8. The molecular formula is C3H3F3N2S. The number of hydrogen-bond acceptors (Lipinski definition) is 1. The Bertz CT molecular complexity index is 159. The van der Waals surface area contributed by atoms with Crippen LogP contribution in [0.3, 0.4) is 0 Å². The van der Waals surface area contributed by atoms with Gasteiger partial charge in [-0.3, -0.25) is 0 Å². The summed E-state index contributed by atoms with van der Waals surface area (Å²) in [6, 6.07) is -3.45. The van der Waals surface area contributed by atoms with Gasteiger partial charge in [0.2, 0.25) is 0 Å². The minimum absolute atomic E-state index is 0.0301. The summed E-state index contributed by atoms with van der Waals surface area (Å²) in [6.45, 7) is 0. The highest BCUT2D eigenvalue weighted by molar-refractivity contribution is 7.80. The van der Waals surface area contributed by atoms with E-state index in [9.17, 15) is 13.2 Å². The van der Waals surface area contributed by atoms with Gasteiger partial charge in [0.15, 0.2) is 5.11 Å². The Balaban J connectivity index is 2.62. The van der Waals surface area contributed by atoms with Crippen molar-refractivity contribution >= 4 is 17.3 Å². The van der Waals surface area contributed by atoms with Crippen LogP contribution < -0.4 is 5.73 Å². The van der Waals surface area contributed by atoms with E-state index in [1.54, 1.807) is 0 Å². The molecular weight excluding hydrogens is 153 g/mol. The summed E-state index contributed by atoms with van der Waals surface area (Å²) in [5.41, 5.74) is 4.70. The molecule has 1 aliphatic heterocycles. The lowest BCUT2D eigenvalue weighted by atomic mass is 10.8. The van der Waals surface area contributed by atoms with Gasteiger partial charge < -0.3 is 5.73 Å². The van der Waals surface area contributed by atoms with Gasteiger partial charge in [0.25, 0.3) is 6.30 Å². The Kier molecular flexibility index (Phi) is 1.10. The predicted molar refractivity (Wildman–Crippen MR) is 28.5 cm³/mol. The van der Waals surface area contributed by atoms with Gasteiger partial charge in [-0.05, 0) is 12.2 Å². The van der Waals surface area contributed by atoms with E-state index in [0.29, 0.717) is 0 Å². The fraction of sp³-hybridized carbons (Fsp3) is 0.667. The molecule has 0 aliphatic carbocycles. The Morgan fingerprint density at radius 2 is 2.00 bits per heavy atom. The molecule has 1 atom stereocenters. The fourth-order valence-corrected chi connectivity index (χ4v) is 0.689. The van der Waals surface area contributed by atoms with Gasteiger partial charge in [-0.1, -0.05) is 0 Å². The van der Waals surface area contributed by atoms with Crippen molar-refractivity contribution < 1.29 is 13.2 Å². The number of thiocarbonyl (C=S) groups is 1. The normalized spacial score (nSPS) is 30.1. The number of nitrogens with zero attached hydrogens (tertiary/aromatic N) is 1. The zero-order chi connectivity index (χ0) is 7.23. The molecule has 0 aromatic carbocycles. The second kappa shape index (κ2) is 1.50. The van der Waals surface area contributed by atoms with Crippen molar-refractivity contribution in [3.8, 4) is 0 Å². The molecule has 9 heavy (non-hydrogen) atoms. The molecule has 1 aliphatic rings. The lowest BCUT2D eigenvalue weighted by molar-refractivity contribution is 0.0614. The van der Waals surface area contributed by atoms with Gasteiger partial charge in [-0.2, -0.15) is 8.78 Å². The van der Waals surface area contributed by atoms with Gasteiger partial charge in [-0.25, -0.2) is 9.29 Å². The lowest BCUT2D eigenvalue weighted by Crippen LogP contribution is -2.22. The molecule has 1 saturated heterocycles. The maximum Gasteiger partial charge on any atom is 0.379 e. The lowest BCUT2D eigenvalue weighted by Gasteiger charge is -1.94. The second-order valence-electron chi connectivity index (χ2n) is 1.63. The summed E-state index contributed by atoms with van der Waals surface area (Å²) in [4.78, 5) is 0.0301. The molecule has 6 heteroatoms. The highest BCUT2D eigenvalue weighted by Crippen LogP contribution is 2.44. The number of nitrogens with two attached hydrogens (primary N) is 1. The Morgan fingerprint density at radius 3 is 2.00 bits per heavy atom. The highest BCUT2D eigenvalue weighted by atomic mass is 32.1. The topological polar surface area (TPSA) is 29.0 Å². The zero-order valence-corrected chi connectivity index (χ0v) is 4.96. The third kappa shape index (κ3) is 0.735. The van der Waals surface area contributed by atoms with Crippen LogP contribution in [0.15, 0.2) is 0 Å². The Hall–Kier alpha value is -0.520. The molecule has 0 aromatic rings. The second-order valence-corrected chi connectivity index (χ2v) is 2.05. The van der Waals surface area contributed by atoms with Crippen molar-refractivity contribution in [2.24, 2.45) is 5.73 Å². The van der Waals surface area contributed by atoms with Crippen LogP contribution in [0, 0.1) is 0 Å². The quantitative estimate of drug-likeness (QED) is 0.313. The predicted octanol–water partition coefficient (Wildman–Crippen LogP) is 0.434. The summed E-state index contributed by atoms with van der Waals surface area (Å²) >= 11 is 4.09. The first-order valence-electron chi connectivity index (χ1n) is 2.08. The largest absolute Gasteiger partial charge is 0.379 e. The molecule has 0 saturated carbocycles. The summed E-state index contributed by atoms with van der Waals surface area (Å²) in [7, 11) is 0. The van der Waals surface area contributed by atoms with Crippen molar-refractivity contribution in [3.05, 3.63) is 0 Å². The first kappa shape index (κ1) is 6.60. The molecule has 0 radical (unpaired) electrons. The molecule has 1 fully saturated rings. The zero-order valence-electron chi connectivity index (χ0n) is 4.14. The van der Waals surface area contributed by atoms with Crippen molar-refractivity contribution in [2.45, 2.75) is 12.3 Å². The number of alkyl halides is 3. The van der Waals surface area contributed by atoms with Crippen molar-refractivity contribution in [2.75, 3.05) is 0 Å². The summed E-state index contributed by atoms with van der Waals surface area (Å²) in [5, 5.41) is -0.604. The minimum Gasteiger partial charge on any atom is -0.376 e. The maximum atomic E-state index is 11.8. The Morgan fingerprint density at radius 1 is 1.67 bits per heavy atom. The van der Waals surface area contributed by atoms with Crippen LogP contribution in [0.1, 0.15) is 0 Å². The van der Waals surface area contributed by atoms with E-state index in [1.165, 1.54) is 0 Å². The molecule has 2 N–H and O–H groups in total. The van der Waals surface area contributed by atoms with Crippen LogP contribution in [0.25, 0.3) is 0 Å². The van der Waals surface area contributed by atoms with Crippen molar-refractivity contribution in [1.29, 1.82) is 0 Å². The molecule has 0 amide bonds. The third-order valence-corrected chi connectivity index (χ3v) is 1.20. The average molecular weight is 156 g/mol. The van der Waals surface area contributed by atoms with E-state index < -0.39 is 17.5 Å². The number of hydrogen-bond donors (Lipinski definition) is 1. The van der Waals surface area contributed by atoms with Crippen LogP contribution in [0.4, 0.5) is 13.2 Å². The van der Waals surface area contributed by atoms with Gasteiger partial charge in [0, 0.05) is 0 Å². The average Bonchev–Trinajstić information content (AvgIpc) is 2.07. The van der Waals surface area contributed by atoms with E-state index in [-0.39, 0.29) is 4.90 Å². The molecule has 2 nitrogen and oxygen atoms in total. The molecule has 0 spiro atoms. The number of rotatable bonds is 0. The molecule has 1 unspecified atom stereocenters. The smallest absolute Gasteiger partial charge is 0.376 e. The van der Waals surface area contributed by atoms with E-state index >= 15 is 0 Å². The van der Waals surface area contributed by atoms with Crippen molar-refractivity contribution in [1.82, 2.24) is 4.90 Å². The molecule has 52 valence electrons. The van der Waals surface area contributed by atoms with Crippen LogP contribution in [0.2, 0.25) is 0 Å². The van der Waals surface area contributed by atoms with Gasteiger partial charge in [0.05, 0.1) is 0 Å². The highest BCUT2D eigenvalue weighted by Gasteiger charge is 2.69. The SMILES string of the molecule is NC(=S)N1C(F)C1(F)F. The first-order chi connectivity index (χ1) is 3.98. The van der Waals surface area contributed by atoms with Gasteiger partial charge in [0.1, 0.15) is 0 Å². The van der Waals surface area contributed by atoms with Crippen LogP contribution >= 0.6 is 12.2 Å². The monoisotopic (exact) mass is 156 g/mol. The molecule has 0 bridgehead atoms. The molecule has 0 aromatic heterocycles. The standard InChI is InChI=1S/C3H3F3N2S/c4-1-3(5,6)8(1)2(7)9/h1H,(H2,7,9). The van der Waals surface area contributed by atoms with E-state index in [2.05, 4.69) is 12.2 Å². The minimum atomic E-state index is -3.45. The van der Waals surface area contributed by atoms with Crippen LogP contribution in [-0.4, -0.2) is 22.4 Å². The first-order valence-corrected chi connectivity index (χ1v) is 2.49. The van der Waals surface area contributed by atoms with E-state index in [0.717, 1.165) is 0 Å². The van der Waals surface area contributed by atoms with Crippen LogP contribution in [-0.2, 0) is 0 Å². The fourth-order valence-electron chi connectivity index (χ4n) is 0.475. The van der Waals surface area contributed by atoms with E-state index in [4.69, 9.17) is 5.73 Å². The summed E-state index contributed by atoms with van der Waals surface area (Å²) < 4.78 is 35.5. The Labute approximate surface area is 54.4 Å². The van der Waals surface area contributed by atoms with Crippen molar-refractivity contribution in [3.63, 3.8) is 0 Å². The summed E-state index contributed by atoms with van der Waals surface area (Å²) in [6.07, 6.45) is -2.31. The van der Waals surface area contributed by atoms with Gasteiger partial charge >= 0.3 is 6.05 Å². The molecule has 1 rings (SSSR count). The van der Waals surface area contributed by atoms with Gasteiger partial charge in [-0.15, -0.1) is 0 Å². The van der Waals surface area contributed by atoms with Crippen LogP contribution in [0.5, 0.6) is 0 Å². The van der Waals surface area contributed by atoms with E-state index in [1.807, 2.05) is 0 Å². The molecule has 1 heterocycles.